The van der Waals surface area contributed by atoms with Gasteiger partial charge in [0, 0.05) is 18.3 Å². The lowest BCUT2D eigenvalue weighted by molar-refractivity contribution is 0.0947. The molecule has 2 N–H and O–H groups in total. The van der Waals surface area contributed by atoms with E-state index in [1.807, 2.05) is 19.1 Å². The average Bonchev–Trinajstić information content (AvgIpc) is 2.82. The zero-order valence-electron chi connectivity index (χ0n) is 10.2. The van der Waals surface area contributed by atoms with Crippen molar-refractivity contribution >= 4 is 5.91 Å². The van der Waals surface area contributed by atoms with Crippen molar-refractivity contribution in [1.29, 1.82) is 0 Å². The molecule has 0 saturated carbocycles. The van der Waals surface area contributed by atoms with E-state index < -0.39 is 0 Å². The largest absolute Gasteiger partial charge is 0.351 e. The molecule has 1 aromatic rings. The third kappa shape index (κ3) is 3.53. The van der Waals surface area contributed by atoms with E-state index in [1.54, 1.807) is 6.07 Å². The van der Waals surface area contributed by atoms with Crippen LogP contribution >= 0.6 is 0 Å². The van der Waals surface area contributed by atoms with Crippen molar-refractivity contribution in [2.45, 2.75) is 32.2 Å². The number of hydrogen-bond donors (Lipinski definition) is 2. The maximum absolute atomic E-state index is 11.8. The summed E-state index contributed by atoms with van der Waals surface area (Å²) in [6.45, 7) is 3.71. The van der Waals surface area contributed by atoms with Crippen LogP contribution < -0.4 is 10.6 Å². The van der Waals surface area contributed by atoms with E-state index in [0.717, 1.165) is 18.7 Å². The number of aryl methyl sites for hydroxylation is 1. The molecular formula is C13H19N3O. The molecule has 2 rings (SSSR count). The standard InChI is InChI=1S/C13H19N3O/c1-10-4-2-6-12(16-10)13(17)15-9-7-11-5-3-8-14-11/h2,4,6,11,14H,3,5,7-9H2,1H3,(H,15,17). The third-order valence-corrected chi connectivity index (χ3v) is 3.06. The predicted octanol–water partition coefficient (Wildman–Crippen LogP) is 1.26. The van der Waals surface area contributed by atoms with E-state index in [4.69, 9.17) is 0 Å². The summed E-state index contributed by atoms with van der Waals surface area (Å²) >= 11 is 0. The van der Waals surface area contributed by atoms with Gasteiger partial charge in [-0.15, -0.1) is 0 Å². The normalized spacial score (nSPS) is 19.2. The third-order valence-electron chi connectivity index (χ3n) is 3.06. The fourth-order valence-corrected chi connectivity index (χ4v) is 2.12. The molecule has 0 bridgehead atoms. The summed E-state index contributed by atoms with van der Waals surface area (Å²) in [7, 11) is 0. The van der Waals surface area contributed by atoms with Crippen LogP contribution in [0, 0.1) is 6.92 Å². The molecule has 0 radical (unpaired) electrons. The molecule has 4 nitrogen and oxygen atoms in total. The Kier molecular flexibility index (Phi) is 4.09. The molecule has 1 amide bonds. The summed E-state index contributed by atoms with van der Waals surface area (Å²) in [5.74, 6) is -0.0771. The highest BCUT2D eigenvalue weighted by Gasteiger charge is 2.14. The van der Waals surface area contributed by atoms with Crippen LogP contribution in [0.3, 0.4) is 0 Å². The Morgan fingerprint density at radius 1 is 1.59 bits per heavy atom. The number of hydrogen-bond acceptors (Lipinski definition) is 3. The fourth-order valence-electron chi connectivity index (χ4n) is 2.12. The first-order valence-corrected chi connectivity index (χ1v) is 6.21. The van der Waals surface area contributed by atoms with Gasteiger partial charge in [-0.3, -0.25) is 4.79 Å². The molecule has 0 spiro atoms. The van der Waals surface area contributed by atoms with E-state index in [0.29, 0.717) is 18.3 Å². The van der Waals surface area contributed by atoms with Gasteiger partial charge in [-0.05, 0) is 44.9 Å². The summed E-state index contributed by atoms with van der Waals surface area (Å²) in [5, 5.41) is 6.32. The van der Waals surface area contributed by atoms with Crippen LogP contribution in [-0.4, -0.2) is 30.0 Å². The number of nitrogens with one attached hydrogen (secondary N) is 2. The summed E-state index contributed by atoms with van der Waals surface area (Å²) in [6.07, 6.45) is 3.47. The number of rotatable bonds is 4. The molecule has 1 aromatic heterocycles. The summed E-state index contributed by atoms with van der Waals surface area (Å²) in [6, 6.07) is 6.06. The molecule has 92 valence electrons. The SMILES string of the molecule is Cc1cccc(C(=O)NCCC2CCCN2)n1. The highest BCUT2D eigenvalue weighted by Crippen LogP contribution is 2.07. The molecule has 1 fully saturated rings. The van der Waals surface area contributed by atoms with Gasteiger partial charge in [0.05, 0.1) is 0 Å². The van der Waals surface area contributed by atoms with Crippen LogP contribution in [0.5, 0.6) is 0 Å². The minimum absolute atomic E-state index is 0.0771. The molecule has 0 aromatic carbocycles. The van der Waals surface area contributed by atoms with E-state index in [2.05, 4.69) is 15.6 Å². The second-order valence-corrected chi connectivity index (χ2v) is 4.50. The molecule has 1 unspecified atom stereocenters. The average molecular weight is 233 g/mol. The van der Waals surface area contributed by atoms with Gasteiger partial charge in [0.25, 0.3) is 5.91 Å². The fraction of sp³-hybridized carbons (Fsp3) is 0.538. The minimum atomic E-state index is -0.0771. The first kappa shape index (κ1) is 12.0. The van der Waals surface area contributed by atoms with Gasteiger partial charge in [-0.25, -0.2) is 4.98 Å². The maximum Gasteiger partial charge on any atom is 0.269 e. The zero-order valence-corrected chi connectivity index (χ0v) is 10.2. The van der Waals surface area contributed by atoms with E-state index >= 15 is 0 Å². The Morgan fingerprint density at radius 3 is 3.18 bits per heavy atom. The second-order valence-electron chi connectivity index (χ2n) is 4.50. The molecular weight excluding hydrogens is 214 g/mol. The van der Waals surface area contributed by atoms with Gasteiger partial charge in [-0.2, -0.15) is 0 Å². The number of aromatic nitrogens is 1. The number of carbonyl (C=O) groups is 1. The summed E-state index contributed by atoms with van der Waals surface area (Å²) in [4.78, 5) is 16.0. The Balaban J connectivity index is 1.77. The van der Waals surface area contributed by atoms with Crippen LogP contribution in [0.4, 0.5) is 0 Å². The van der Waals surface area contributed by atoms with Gasteiger partial charge in [0.2, 0.25) is 0 Å². The van der Waals surface area contributed by atoms with Crippen molar-refractivity contribution < 1.29 is 4.79 Å². The molecule has 0 aliphatic carbocycles. The lowest BCUT2D eigenvalue weighted by atomic mass is 10.1. The van der Waals surface area contributed by atoms with Crippen molar-refractivity contribution in [3.8, 4) is 0 Å². The van der Waals surface area contributed by atoms with Gasteiger partial charge in [0.15, 0.2) is 0 Å². The van der Waals surface area contributed by atoms with Crippen LogP contribution in [0.15, 0.2) is 18.2 Å². The van der Waals surface area contributed by atoms with Crippen molar-refractivity contribution in [1.82, 2.24) is 15.6 Å². The quantitative estimate of drug-likeness (QED) is 0.823. The van der Waals surface area contributed by atoms with Crippen LogP contribution in [-0.2, 0) is 0 Å². The van der Waals surface area contributed by atoms with Gasteiger partial charge < -0.3 is 10.6 Å². The van der Waals surface area contributed by atoms with Gasteiger partial charge in [-0.1, -0.05) is 6.07 Å². The molecule has 2 heterocycles. The monoisotopic (exact) mass is 233 g/mol. The van der Waals surface area contributed by atoms with Gasteiger partial charge >= 0.3 is 0 Å². The van der Waals surface area contributed by atoms with Crippen molar-refractivity contribution in [2.75, 3.05) is 13.1 Å². The number of nitrogens with zero attached hydrogens (tertiary/aromatic N) is 1. The molecule has 17 heavy (non-hydrogen) atoms. The van der Waals surface area contributed by atoms with E-state index in [1.165, 1.54) is 12.8 Å². The number of carbonyl (C=O) groups excluding carboxylic acids is 1. The Bertz CT molecular complexity index is 386. The van der Waals surface area contributed by atoms with Crippen LogP contribution in [0.1, 0.15) is 35.4 Å². The number of pyridine rings is 1. The Hall–Kier alpha value is -1.42. The lowest BCUT2D eigenvalue weighted by Crippen LogP contribution is -2.31. The minimum Gasteiger partial charge on any atom is -0.351 e. The zero-order chi connectivity index (χ0) is 12.1. The summed E-state index contributed by atoms with van der Waals surface area (Å²) < 4.78 is 0. The lowest BCUT2D eigenvalue weighted by Gasteiger charge is -2.10. The first-order valence-electron chi connectivity index (χ1n) is 6.21. The first-order chi connectivity index (χ1) is 8.25. The maximum atomic E-state index is 11.8. The molecule has 4 heteroatoms. The molecule has 1 saturated heterocycles. The van der Waals surface area contributed by atoms with Crippen molar-refractivity contribution in [3.63, 3.8) is 0 Å². The second kappa shape index (κ2) is 5.77. The number of amides is 1. The van der Waals surface area contributed by atoms with Gasteiger partial charge in [0.1, 0.15) is 5.69 Å². The smallest absolute Gasteiger partial charge is 0.269 e. The summed E-state index contributed by atoms with van der Waals surface area (Å²) in [5.41, 5.74) is 1.37. The van der Waals surface area contributed by atoms with E-state index in [-0.39, 0.29) is 5.91 Å². The molecule has 1 atom stereocenters. The molecule has 1 aliphatic rings. The topological polar surface area (TPSA) is 54.0 Å². The van der Waals surface area contributed by atoms with Crippen molar-refractivity contribution in [3.05, 3.63) is 29.6 Å². The van der Waals surface area contributed by atoms with Crippen molar-refractivity contribution in [2.24, 2.45) is 0 Å². The Labute approximate surface area is 102 Å². The molecule has 1 aliphatic heterocycles. The predicted molar refractivity (Wildman–Crippen MR) is 66.9 cm³/mol. The highest BCUT2D eigenvalue weighted by molar-refractivity contribution is 5.92. The van der Waals surface area contributed by atoms with Crippen LogP contribution in [0.25, 0.3) is 0 Å². The Morgan fingerprint density at radius 2 is 2.47 bits per heavy atom. The van der Waals surface area contributed by atoms with E-state index in [9.17, 15) is 4.79 Å². The highest BCUT2D eigenvalue weighted by atomic mass is 16.1. The van der Waals surface area contributed by atoms with Crippen LogP contribution in [0.2, 0.25) is 0 Å².